The summed E-state index contributed by atoms with van der Waals surface area (Å²) in [5.41, 5.74) is 0. The number of unbranched alkanes of at least 4 members (excludes halogenated alkanes) is 65. The summed E-state index contributed by atoms with van der Waals surface area (Å²) >= 11 is 0. The molecule has 0 spiro atoms. The van der Waals surface area contributed by atoms with E-state index in [0.29, 0.717) is 25.9 Å². The summed E-state index contributed by atoms with van der Waals surface area (Å²) in [4.78, 5) is 24.7. The van der Waals surface area contributed by atoms with Crippen LogP contribution in [0.2, 0.25) is 0 Å². The smallest absolute Gasteiger partial charge is 0.305 e. The number of hydrogen-bond donors (Lipinski definition) is 3. The molecule has 0 aromatic carbocycles. The normalized spacial score (nSPS) is 12.5. The van der Waals surface area contributed by atoms with Gasteiger partial charge in [-0.05, 0) is 77.0 Å². The summed E-state index contributed by atoms with van der Waals surface area (Å²) < 4.78 is 5.51. The van der Waals surface area contributed by atoms with Crippen LogP contribution >= 0.6 is 0 Å². The molecule has 91 heavy (non-hydrogen) atoms. The topological polar surface area (TPSA) is 95.9 Å². The van der Waals surface area contributed by atoms with Crippen molar-refractivity contribution in [3.63, 3.8) is 0 Å². The second-order valence-corrected chi connectivity index (χ2v) is 29.2. The van der Waals surface area contributed by atoms with Crippen molar-refractivity contribution in [1.29, 1.82) is 0 Å². The van der Waals surface area contributed by atoms with E-state index in [0.717, 1.165) is 44.9 Å². The van der Waals surface area contributed by atoms with Gasteiger partial charge in [0.15, 0.2) is 0 Å². The zero-order valence-electron chi connectivity index (χ0n) is 62.1. The quantitative estimate of drug-likeness (QED) is 0.0320. The first-order chi connectivity index (χ1) is 45.0. The minimum atomic E-state index is -0.662. The molecule has 0 radical (unpaired) electrons. The molecule has 0 aliphatic carbocycles. The number of carbonyl (C=O) groups excluding carboxylic acids is 2. The van der Waals surface area contributed by atoms with E-state index in [1.165, 1.54) is 405 Å². The Balaban J connectivity index is 3.32. The van der Waals surface area contributed by atoms with Crippen molar-refractivity contribution in [2.24, 2.45) is 0 Å². The summed E-state index contributed by atoms with van der Waals surface area (Å²) in [5.74, 6) is -0.00936. The third-order valence-electron chi connectivity index (χ3n) is 20.0. The summed E-state index contributed by atoms with van der Waals surface area (Å²) in [6.45, 7) is 5.00. The molecule has 3 N–H and O–H groups in total. The predicted octanol–water partition coefficient (Wildman–Crippen LogP) is 28.0. The van der Waals surface area contributed by atoms with Crippen LogP contribution in [0.4, 0.5) is 0 Å². The van der Waals surface area contributed by atoms with Gasteiger partial charge in [-0.3, -0.25) is 9.59 Å². The molecule has 0 saturated heterocycles. The maximum absolute atomic E-state index is 12.6. The van der Waals surface area contributed by atoms with Crippen molar-refractivity contribution in [1.82, 2.24) is 5.32 Å². The average Bonchev–Trinajstić information content (AvgIpc) is 3.74. The van der Waals surface area contributed by atoms with Gasteiger partial charge in [-0.25, -0.2) is 0 Å². The van der Waals surface area contributed by atoms with Crippen molar-refractivity contribution in [2.45, 2.75) is 495 Å². The van der Waals surface area contributed by atoms with Gasteiger partial charge in [-0.1, -0.05) is 417 Å². The molecule has 6 nitrogen and oxygen atoms in total. The zero-order chi connectivity index (χ0) is 65.6. The van der Waals surface area contributed by atoms with Crippen molar-refractivity contribution >= 4 is 11.9 Å². The first-order valence-corrected chi connectivity index (χ1v) is 42.1. The van der Waals surface area contributed by atoms with E-state index in [4.69, 9.17) is 4.74 Å². The second kappa shape index (κ2) is 80.8. The Bertz CT molecular complexity index is 1430. The Hall–Kier alpha value is -1.66. The summed E-state index contributed by atoms with van der Waals surface area (Å²) in [6, 6.07) is -0.539. The fraction of sp³-hybridized carbons (Fsp3) is 0.929. The Morgan fingerprint density at radius 2 is 0.516 bits per heavy atom. The molecular weight excluding hydrogens is 1110 g/mol. The molecular formula is C85H165NO5. The minimum Gasteiger partial charge on any atom is -0.466 e. The highest BCUT2D eigenvalue weighted by Crippen LogP contribution is 2.20. The molecule has 0 aliphatic heterocycles. The number of rotatable bonds is 80. The van der Waals surface area contributed by atoms with E-state index in [9.17, 15) is 19.8 Å². The largest absolute Gasteiger partial charge is 0.466 e. The monoisotopic (exact) mass is 1280 g/mol. The van der Waals surface area contributed by atoms with Gasteiger partial charge in [0, 0.05) is 12.8 Å². The maximum Gasteiger partial charge on any atom is 0.305 e. The SMILES string of the molecule is CCCCCCCCC/C=C\CCCCCCCC(=O)OCCCCCCCCCCCCCCCCCCCC/C=C\CCCCCCCCCCCCCCCCCCCC(=O)NC(CO)C(O)CCCCCCCCCCCCCCCCCCCCC. The van der Waals surface area contributed by atoms with Crippen LogP contribution in [-0.4, -0.2) is 47.4 Å². The van der Waals surface area contributed by atoms with Crippen molar-refractivity contribution < 1.29 is 24.5 Å². The van der Waals surface area contributed by atoms with Gasteiger partial charge in [-0.15, -0.1) is 0 Å². The molecule has 0 bridgehead atoms. The predicted molar refractivity (Wildman–Crippen MR) is 403 cm³/mol. The lowest BCUT2D eigenvalue weighted by Gasteiger charge is -2.22. The number of aliphatic hydroxyl groups is 2. The van der Waals surface area contributed by atoms with Crippen LogP contribution in [0.5, 0.6) is 0 Å². The second-order valence-electron chi connectivity index (χ2n) is 29.2. The van der Waals surface area contributed by atoms with E-state index >= 15 is 0 Å². The van der Waals surface area contributed by atoms with E-state index in [1.807, 2.05) is 0 Å². The van der Waals surface area contributed by atoms with Crippen LogP contribution in [0.1, 0.15) is 483 Å². The standard InChI is InChI=1S/C85H165NO5/c1-3-5-7-9-11-13-15-17-19-21-43-46-49-53-57-61-65-69-73-77-83(88)82(81-87)86-84(89)78-74-70-66-62-58-54-50-47-44-41-39-37-35-33-31-29-27-25-23-22-24-26-28-30-32-34-36-38-40-42-45-48-52-56-60-64-68-72-76-80-91-85(90)79-75-71-67-63-59-55-51-20-18-16-14-12-10-8-6-4-2/h20,22-23,51,82-83,87-88H,3-19,21,24-50,52-81H2,1-2H3,(H,86,89)/b23-22-,51-20-. The van der Waals surface area contributed by atoms with E-state index < -0.39 is 12.1 Å². The molecule has 0 aromatic rings. The first-order valence-electron chi connectivity index (χ1n) is 42.1. The molecule has 0 aliphatic rings. The lowest BCUT2D eigenvalue weighted by Crippen LogP contribution is -2.45. The lowest BCUT2D eigenvalue weighted by molar-refractivity contribution is -0.143. The number of ether oxygens (including phenoxy) is 1. The molecule has 2 unspecified atom stereocenters. The number of allylic oxidation sites excluding steroid dienone is 4. The number of carbonyl (C=O) groups is 2. The van der Waals surface area contributed by atoms with Gasteiger partial charge in [0.05, 0.1) is 25.4 Å². The van der Waals surface area contributed by atoms with Crippen LogP contribution < -0.4 is 5.32 Å². The number of aliphatic hydroxyl groups excluding tert-OH is 2. The molecule has 1 amide bonds. The number of amides is 1. The minimum absolute atomic E-state index is 0.0161. The van der Waals surface area contributed by atoms with Crippen molar-refractivity contribution in [3.8, 4) is 0 Å². The summed E-state index contributed by atoms with van der Waals surface area (Å²) in [5, 5.41) is 23.4. The third-order valence-corrected chi connectivity index (χ3v) is 20.0. The Kier molecular flexibility index (Phi) is 79.3. The molecule has 6 heteroatoms. The van der Waals surface area contributed by atoms with Gasteiger partial charge in [-0.2, -0.15) is 0 Å². The van der Waals surface area contributed by atoms with Gasteiger partial charge in [0.2, 0.25) is 5.91 Å². The molecule has 540 valence electrons. The molecule has 0 aromatic heterocycles. The molecule has 2 atom stereocenters. The van der Waals surface area contributed by atoms with Gasteiger partial charge in [0.1, 0.15) is 0 Å². The highest BCUT2D eigenvalue weighted by Gasteiger charge is 2.20. The zero-order valence-corrected chi connectivity index (χ0v) is 62.1. The van der Waals surface area contributed by atoms with Gasteiger partial charge >= 0.3 is 5.97 Å². The number of nitrogens with one attached hydrogen (secondary N) is 1. The Labute approximate surface area is 571 Å². The fourth-order valence-electron chi connectivity index (χ4n) is 13.6. The molecule has 0 saturated carbocycles. The highest BCUT2D eigenvalue weighted by molar-refractivity contribution is 5.76. The first kappa shape index (κ1) is 89.3. The van der Waals surface area contributed by atoms with Crippen LogP contribution in [0.15, 0.2) is 24.3 Å². The van der Waals surface area contributed by atoms with Gasteiger partial charge in [0.25, 0.3) is 0 Å². The summed E-state index contributed by atoms with van der Waals surface area (Å²) in [6.07, 6.45) is 104. The van der Waals surface area contributed by atoms with Crippen LogP contribution in [-0.2, 0) is 14.3 Å². The molecule has 0 fully saturated rings. The third kappa shape index (κ3) is 77.2. The maximum atomic E-state index is 12.6. The van der Waals surface area contributed by atoms with Crippen LogP contribution in [0.25, 0.3) is 0 Å². The van der Waals surface area contributed by atoms with Crippen molar-refractivity contribution in [3.05, 3.63) is 24.3 Å². The molecule has 0 heterocycles. The van der Waals surface area contributed by atoms with Crippen LogP contribution in [0.3, 0.4) is 0 Å². The number of esters is 1. The Morgan fingerprint density at radius 1 is 0.297 bits per heavy atom. The van der Waals surface area contributed by atoms with E-state index in [2.05, 4.69) is 43.5 Å². The Morgan fingerprint density at radius 3 is 0.780 bits per heavy atom. The highest BCUT2D eigenvalue weighted by atomic mass is 16.5. The molecule has 0 rings (SSSR count). The average molecular weight is 1280 g/mol. The van der Waals surface area contributed by atoms with Crippen molar-refractivity contribution in [2.75, 3.05) is 13.2 Å². The summed E-state index contributed by atoms with van der Waals surface area (Å²) in [7, 11) is 0. The van der Waals surface area contributed by atoms with Crippen LogP contribution in [0, 0.1) is 0 Å². The van der Waals surface area contributed by atoms with E-state index in [1.54, 1.807) is 0 Å². The lowest BCUT2D eigenvalue weighted by atomic mass is 10.0. The van der Waals surface area contributed by atoms with Gasteiger partial charge < -0.3 is 20.3 Å². The fourth-order valence-corrected chi connectivity index (χ4v) is 13.6. The number of hydrogen-bond acceptors (Lipinski definition) is 5. The van der Waals surface area contributed by atoms with E-state index in [-0.39, 0.29) is 18.5 Å².